The van der Waals surface area contributed by atoms with Gasteiger partial charge in [-0.2, -0.15) is 0 Å². The third kappa shape index (κ3) is 7.30. The molecule has 0 saturated heterocycles. The van der Waals surface area contributed by atoms with Crippen molar-refractivity contribution in [2.24, 2.45) is 0 Å². The van der Waals surface area contributed by atoms with E-state index in [4.69, 9.17) is 39.5 Å². The van der Waals surface area contributed by atoms with Gasteiger partial charge in [-0.1, -0.05) is 66.8 Å². The Bertz CT molecular complexity index is 907. The zero-order valence-corrected chi connectivity index (χ0v) is 20.1. The van der Waals surface area contributed by atoms with Gasteiger partial charge in [0, 0.05) is 22.6 Å². The average molecular weight is 486 g/mol. The van der Waals surface area contributed by atoms with Gasteiger partial charge in [0.05, 0.1) is 5.02 Å². The molecule has 8 heteroatoms. The summed E-state index contributed by atoms with van der Waals surface area (Å²) in [6.45, 7) is 5.69. The standard InChI is InChI=1S/C23H27Cl3N2O3/c1-4-15(3)27-23(30)20(5-2)28(13-16-8-6-7-9-18(16)25)22(29)14-31-21-11-10-17(24)12-19(21)26/h6-12,15,20H,4-5,13-14H2,1-3H3,(H,27,30)/t15-,20+/m0/s1. The highest BCUT2D eigenvalue weighted by Crippen LogP contribution is 2.28. The maximum absolute atomic E-state index is 13.2. The molecule has 31 heavy (non-hydrogen) atoms. The zero-order valence-electron chi connectivity index (χ0n) is 17.8. The minimum Gasteiger partial charge on any atom is -0.482 e. The molecule has 2 aromatic rings. The van der Waals surface area contributed by atoms with Gasteiger partial charge in [0.1, 0.15) is 11.8 Å². The molecule has 0 radical (unpaired) electrons. The first kappa shape index (κ1) is 25.3. The summed E-state index contributed by atoms with van der Waals surface area (Å²) in [6.07, 6.45) is 1.24. The van der Waals surface area contributed by atoms with Gasteiger partial charge in [0.2, 0.25) is 5.91 Å². The molecule has 0 aliphatic heterocycles. The van der Waals surface area contributed by atoms with Gasteiger partial charge in [-0.3, -0.25) is 9.59 Å². The molecule has 2 atom stereocenters. The van der Waals surface area contributed by atoms with Crippen molar-refractivity contribution in [2.75, 3.05) is 6.61 Å². The summed E-state index contributed by atoms with van der Waals surface area (Å²) in [4.78, 5) is 27.6. The number of benzene rings is 2. The first-order valence-electron chi connectivity index (χ1n) is 10.2. The molecule has 0 bridgehead atoms. The van der Waals surface area contributed by atoms with Crippen molar-refractivity contribution in [3.8, 4) is 5.75 Å². The molecule has 0 heterocycles. The maximum atomic E-state index is 13.2. The molecule has 0 fully saturated rings. The Morgan fingerprint density at radius 3 is 2.35 bits per heavy atom. The number of nitrogens with one attached hydrogen (secondary N) is 1. The van der Waals surface area contributed by atoms with Gasteiger partial charge in [0.15, 0.2) is 6.61 Å². The molecule has 2 aromatic carbocycles. The Hall–Kier alpha value is -1.95. The van der Waals surface area contributed by atoms with E-state index >= 15 is 0 Å². The lowest BCUT2D eigenvalue weighted by Gasteiger charge is -2.31. The van der Waals surface area contributed by atoms with Crippen LogP contribution in [0.4, 0.5) is 0 Å². The van der Waals surface area contributed by atoms with E-state index < -0.39 is 6.04 Å². The van der Waals surface area contributed by atoms with Gasteiger partial charge < -0.3 is 15.0 Å². The zero-order chi connectivity index (χ0) is 23.0. The van der Waals surface area contributed by atoms with Crippen molar-refractivity contribution in [3.05, 3.63) is 63.1 Å². The van der Waals surface area contributed by atoms with Crippen LogP contribution >= 0.6 is 34.8 Å². The molecule has 0 saturated carbocycles. The smallest absolute Gasteiger partial charge is 0.261 e. The van der Waals surface area contributed by atoms with Crippen LogP contribution in [0.2, 0.25) is 15.1 Å². The summed E-state index contributed by atoms with van der Waals surface area (Å²) >= 11 is 18.4. The summed E-state index contributed by atoms with van der Waals surface area (Å²) in [6, 6.07) is 11.4. The number of hydrogen-bond donors (Lipinski definition) is 1. The number of hydrogen-bond acceptors (Lipinski definition) is 3. The number of halogens is 3. The number of carbonyl (C=O) groups excluding carboxylic acids is 2. The second kappa shape index (κ2) is 12.2. The van der Waals surface area contributed by atoms with Crippen LogP contribution in [-0.4, -0.2) is 35.4 Å². The highest BCUT2D eigenvalue weighted by Gasteiger charge is 2.30. The third-order valence-corrected chi connectivity index (χ3v) is 5.83. The Labute approximate surface area is 198 Å². The lowest BCUT2D eigenvalue weighted by atomic mass is 10.1. The molecular weight excluding hydrogens is 459 g/mol. The summed E-state index contributed by atoms with van der Waals surface area (Å²) in [5.74, 6) is -0.215. The fourth-order valence-electron chi connectivity index (χ4n) is 2.99. The monoisotopic (exact) mass is 484 g/mol. The summed E-state index contributed by atoms with van der Waals surface area (Å²) < 4.78 is 5.63. The van der Waals surface area contributed by atoms with E-state index in [9.17, 15) is 9.59 Å². The first-order chi connectivity index (χ1) is 14.8. The molecule has 2 amide bonds. The van der Waals surface area contributed by atoms with Crippen LogP contribution in [-0.2, 0) is 16.1 Å². The Morgan fingerprint density at radius 1 is 1.03 bits per heavy atom. The van der Waals surface area contributed by atoms with Crippen LogP contribution in [0.25, 0.3) is 0 Å². The number of amides is 2. The first-order valence-corrected chi connectivity index (χ1v) is 11.3. The van der Waals surface area contributed by atoms with Gasteiger partial charge in [-0.15, -0.1) is 0 Å². The SMILES string of the molecule is CC[C@H](C(=O)N[C@@H](C)CC)N(Cc1ccccc1Cl)C(=O)COc1ccc(Cl)cc1Cl. The van der Waals surface area contributed by atoms with Crippen LogP contribution in [0.1, 0.15) is 39.2 Å². The highest BCUT2D eigenvalue weighted by molar-refractivity contribution is 6.35. The van der Waals surface area contributed by atoms with E-state index in [1.165, 1.54) is 4.90 Å². The van der Waals surface area contributed by atoms with Crippen LogP contribution in [0.15, 0.2) is 42.5 Å². The largest absolute Gasteiger partial charge is 0.482 e. The fraction of sp³-hybridized carbons (Fsp3) is 0.391. The second-order valence-electron chi connectivity index (χ2n) is 7.22. The quantitative estimate of drug-likeness (QED) is 0.466. The lowest BCUT2D eigenvalue weighted by molar-refractivity contribution is -0.143. The van der Waals surface area contributed by atoms with Crippen LogP contribution in [0, 0.1) is 0 Å². The minimum atomic E-state index is -0.665. The Morgan fingerprint density at radius 2 is 1.74 bits per heavy atom. The molecule has 168 valence electrons. The molecule has 1 N–H and O–H groups in total. The van der Waals surface area contributed by atoms with Crippen molar-refractivity contribution in [1.82, 2.24) is 10.2 Å². The summed E-state index contributed by atoms with van der Waals surface area (Å²) in [5, 5.41) is 4.26. The summed E-state index contributed by atoms with van der Waals surface area (Å²) in [7, 11) is 0. The number of ether oxygens (including phenoxy) is 1. The predicted molar refractivity (Wildman–Crippen MR) is 126 cm³/mol. The topological polar surface area (TPSA) is 58.6 Å². The van der Waals surface area contributed by atoms with Crippen LogP contribution < -0.4 is 10.1 Å². The summed E-state index contributed by atoms with van der Waals surface area (Å²) in [5.41, 5.74) is 0.747. The van der Waals surface area contributed by atoms with Crippen LogP contribution in [0.3, 0.4) is 0 Å². The predicted octanol–water partition coefficient (Wildman–Crippen LogP) is 5.75. The molecule has 2 rings (SSSR count). The van der Waals surface area contributed by atoms with Crippen molar-refractivity contribution < 1.29 is 14.3 Å². The highest BCUT2D eigenvalue weighted by atomic mass is 35.5. The molecule has 0 aliphatic carbocycles. The van der Waals surface area contributed by atoms with Crippen molar-refractivity contribution in [1.29, 1.82) is 0 Å². The number of rotatable bonds is 10. The number of nitrogens with zero attached hydrogens (tertiary/aromatic N) is 1. The fourth-order valence-corrected chi connectivity index (χ4v) is 3.64. The van der Waals surface area contributed by atoms with E-state index in [0.29, 0.717) is 27.2 Å². The molecule has 0 aliphatic rings. The maximum Gasteiger partial charge on any atom is 0.261 e. The van der Waals surface area contributed by atoms with E-state index in [1.54, 1.807) is 24.3 Å². The Kier molecular flexibility index (Phi) is 9.94. The van der Waals surface area contributed by atoms with Gasteiger partial charge >= 0.3 is 0 Å². The lowest BCUT2D eigenvalue weighted by Crippen LogP contribution is -2.51. The van der Waals surface area contributed by atoms with Gasteiger partial charge in [0.25, 0.3) is 5.91 Å². The minimum absolute atomic E-state index is 0.00272. The van der Waals surface area contributed by atoms with Crippen molar-refractivity contribution >= 4 is 46.6 Å². The Balaban J connectivity index is 2.25. The molecular formula is C23H27Cl3N2O3. The van der Waals surface area contributed by atoms with Crippen molar-refractivity contribution in [2.45, 2.75) is 52.2 Å². The molecule has 5 nitrogen and oxygen atoms in total. The normalized spacial score (nSPS) is 12.7. The second-order valence-corrected chi connectivity index (χ2v) is 8.47. The number of carbonyl (C=O) groups is 2. The van der Waals surface area contributed by atoms with E-state index in [0.717, 1.165) is 12.0 Å². The molecule has 0 unspecified atom stereocenters. The van der Waals surface area contributed by atoms with Gasteiger partial charge in [-0.05, 0) is 49.6 Å². The van der Waals surface area contributed by atoms with Gasteiger partial charge in [-0.25, -0.2) is 0 Å². The van der Waals surface area contributed by atoms with E-state index in [-0.39, 0.29) is 31.0 Å². The van der Waals surface area contributed by atoms with Crippen LogP contribution in [0.5, 0.6) is 5.75 Å². The third-order valence-electron chi connectivity index (χ3n) is 4.93. The molecule has 0 aromatic heterocycles. The average Bonchev–Trinajstić information content (AvgIpc) is 2.74. The van der Waals surface area contributed by atoms with E-state index in [1.807, 2.05) is 39.0 Å². The van der Waals surface area contributed by atoms with E-state index in [2.05, 4.69) is 5.32 Å². The molecule has 0 spiro atoms. The van der Waals surface area contributed by atoms with Crippen molar-refractivity contribution in [3.63, 3.8) is 0 Å².